The van der Waals surface area contributed by atoms with Crippen LogP contribution < -0.4 is 21.1 Å². The van der Waals surface area contributed by atoms with Crippen LogP contribution >= 0.6 is 11.6 Å². The number of likely N-dealkylation sites (tertiary alicyclic amines) is 1. The van der Waals surface area contributed by atoms with Gasteiger partial charge in [-0.05, 0) is 57.6 Å². The highest BCUT2D eigenvalue weighted by atomic mass is 35.5. The average Bonchev–Trinajstić information content (AvgIpc) is 3.41. The van der Waals surface area contributed by atoms with Gasteiger partial charge < -0.3 is 30.9 Å². The van der Waals surface area contributed by atoms with E-state index in [9.17, 15) is 18.8 Å². The van der Waals surface area contributed by atoms with Gasteiger partial charge in [0.05, 0.1) is 16.2 Å². The Kier molecular flexibility index (Phi) is 8.85. The molecule has 4 amide bonds. The highest BCUT2D eigenvalue weighted by Gasteiger charge is 2.43. The van der Waals surface area contributed by atoms with Gasteiger partial charge >= 0.3 is 12.1 Å². The maximum atomic E-state index is 14.3. The number of aromatic nitrogens is 1. The molecule has 1 fully saturated rings. The van der Waals surface area contributed by atoms with E-state index in [1.165, 1.54) is 21.7 Å². The minimum Gasteiger partial charge on any atom is -0.492 e. The van der Waals surface area contributed by atoms with E-state index in [1.807, 2.05) is 32.8 Å². The van der Waals surface area contributed by atoms with E-state index in [2.05, 4.69) is 10.6 Å². The number of nitrogens with zero attached hydrogens (tertiary/aromatic N) is 3. The first-order chi connectivity index (χ1) is 19.0. The molecule has 4 rings (SSSR count). The first-order valence-corrected chi connectivity index (χ1v) is 13.4. The molecular weight excluding hydrogens is 539 g/mol. The highest BCUT2D eigenvalue weighted by Crippen LogP contribution is 2.33. The lowest BCUT2D eigenvalue weighted by atomic mass is 10.0. The molecule has 3 aromatic rings. The van der Waals surface area contributed by atoms with Crippen molar-refractivity contribution in [3.05, 3.63) is 59.0 Å². The van der Waals surface area contributed by atoms with Crippen LogP contribution in [-0.2, 0) is 11.3 Å². The second kappa shape index (κ2) is 12.1. The van der Waals surface area contributed by atoms with E-state index in [1.54, 1.807) is 30.3 Å². The molecular formula is C28H34ClFN6O4. The predicted octanol–water partition coefficient (Wildman–Crippen LogP) is 4.25. The molecule has 12 heteroatoms. The van der Waals surface area contributed by atoms with Gasteiger partial charge in [0, 0.05) is 36.3 Å². The molecule has 0 aliphatic carbocycles. The second-order valence-corrected chi connectivity index (χ2v) is 10.7. The van der Waals surface area contributed by atoms with Crippen molar-refractivity contribution in [3.63, 3.8) is 0 Å². The lowest BCUT2D eigenvalue weighted by molar-refractivity contribution is -0.125. The first kappa shape index (κ1) is 29.2. The number of fused-ring (bicyclic) bond motifs is 1. The van der Waals surface area contributed by atoms with E-state index in [-0.39, 0.29) is 29.1 Å². The highest BCUT2D eigenvalue weighted by molar-refractivity contribution is 6.30. The lowest BCUT2D eigenvalue weighted by Crippen LogP contribution is -2.50. The summed E-state index contributed by atoms with van der Waals surface area (Å²) in [5.41, 5.74) is 6.68. The average molecular weight is 573 g/mol. The number of hydrogen-bond donors (Lipinski definition) is 3. The summed E-state index contributed by atoms with van der Waals surface area (Å²) in [5.74, 6) is -0.390. The van der Waals surface area contributed by atoms with Crippen molar-refractivity contribution in [1.29, 1.82) is 0 Å². The Morgan fingerprint density at radius 2 is 1.95 bits per heavy atom. The smallest absolute Gasteiger partial charge is 0.323 e. The van der Waals surface area contributed by atoms with Crippen LogP contribution in [0.25, 0.3) is 10.9 Å². The molecule has 0 bridgehead atoms. The number of carbonyl (C=O) groups excluding carboxylic acids is 3. The van der Waals surface area contributed by atoms with Gasteiger partial charge in [0.25, 0.3) is 0 Å². The van der Waals surface area contributed by atoms with Crippen molar-refractivity contribution in [1.82, 2.24) is 19.7 Å². The second-order valence-electron chi connectivity index (χ2n) is 10.3. The molecule has 3 atom stereocenters. The van der Waals surface area contributed by atoms with Crippen molar-refractivity contribution >= 4 is 46.2 Å². The zero-order valence-corrected chi connectivity index (χ0v) is 23.7. The fourth-order valence-corrected chi connectivity index (χ4v) is 5.07. The molecule has 1 aromatic heterocycles. The fraction of sp³-hybridized carbons (Fsp3) is 0.393. The number of nitrogens with one attached hydrogen (secondary N) is 2. The third-order valence-corrected chi connectivity index (χ3v) is 7.57. The third kappa shape index (κ3) is 6.15. The molecule has 0 saturated carbocycles. The summed E-state index contributed by atoms with van der Waals surface area (Å²) in [5, 5.41) is 6.14. The normalized spacial score (nSPS) is 18.8. The molecule has 0 radical (unpaired) electrons. The van der Waals surface area contributed by atoms with Gasteiger partial charge in [0.2, 0.25) is 5.91 Å². The summed E-state index contributed by atoms with van der Waals surface area (Å²) in [7, 11) is 3.88. The zero-order chi connectivity index (χ0) is 29.1. The van der Waals surface area contributed by atoms with Crippen molar-refractivity contribution < 1.29 is 23.5 Å². The maximum absolute atomic E-state index is 14.3. The maximum Gasteiger partial charge on any atom is 0.323 e. The van der Waals surface area contributed by atoms with E-state index >= 15 is 0 Å². The lowest BCUT2D eigenvalue weighted by Gasteiger charge is -2.28. The summed E-state index contributed by atoms with van der Waals surface area (Å²) in [6.07, 6.45) is 1.89. The number of carbonyl (C=O) groups is 3. The molecule has 2 heterocycles. The largest absolute Gasteiger partial charge is 0.492 e. The van der Waals surface area contributed by atoms with Gasteiger partial charge in [-0.1, -0.05) is 30.7 Å². The Labute approximate surface area is 237 Å². The van der Waals surface area contributed by atoms with Crippen LogP contribution in [0.4, 0.5) is 19.7 Å². The van der Waals surface area contributed by atoms with Gasteiger partial charge in [-0.2, -0.15) is 0 Å². The number of likely N-dealkylation sites (N-methyl/N-ethyl adjacent to an activating group) is 1. The number of rotatable bonds is 8. The molecule has 4 N–H and O–H groups in total. The predicted molar refractivity (Wildman–Crippen MR) is 152 cm³/mol. The number of benzene rings is 2. The Bertz CT molecular complexity index is 1430. The monoisotopic (exact) mass is 572 g/mol. The molecule has 2 aromatic carbocycles. The molecule has 1 saturated heterocycles. The Balaban J connectivity index is 1.55. The van der Waals surface area contributed by atoms with Gasteiger partial charge in [0.1, 0.15) is 24.2 Å². The number of amides is 4. The van der Waals surface area contributed by atoms with Crippen LogP contribution in [0.15, 0.2) is 42.6 Å². The third-order valence-electron chi connectivity index (χ3n) is 7.28. The fourth-order valence-electron chi connectivity index (χ4n) is 4.87. The topological polar surface area (TPSA) is 122 Å². The molecule has 1 aliphatic rings. The number of hydrogen-bond acceptors (Lipinski definition) is 5. The van der Waals surface area contributed by atoms with Crippen molar-refractivity contribution in [3.8, 4) is 5.75 Å². The number of urea groups is 1. The van der Waals surface area contributed by atoms with Crippen molar-refractivity contribution in [2.24, 2.45) is 11.7 Å². The van der Waals surface area contributed by atoms with Crippen LogP contribution in [0.3, 0.4) is 0 Å². The van der Waals surface area contributed by atoms with E-state index in [0.717, 1.165) is 0 Å². The van der Waals surface area contributed by atoms with Gasteiger partial charge in [-0.15, -0.1) is 0 Å². The summed E-state index contributed by atoms with van der Waals surface area (Å²) < 4.78 is 21.4. The first-order valence-electron chi connectivity index (χ1n) is 13.0. The van der Waals surface area contributed by atoms with Crippen LogP contribution in [0.2, 0.25) is 5.02 Å². The quantitative estimate of drug-likeness (QED) is 0.372. The minimum atomic E-state index is -0.776. The SMILES string of the molecule is C[C@@H]1C[C@@H](C(=O)NCc2cccc(Cl)c2F)N(C(=O)Nc2cn(C(N)=O)c3ccc(OCCN(C)C)cc23)[C@@H]1C. The summed E-state index contributed by atoms with van der Waals surface area (Å²) in [6.45, 7) is 4.93. The Morgan fingerprint density at radius 3 is 2.65 bits per heavy atom. The van der Waals surface area contributed by atoms with Crippen molar-refractivity contribution in [2.45, 2.75) is 38.9 Å². The Hall–Kier alpha value is -3.83. The van der Waals surface area contributed by atoms with E-state index in [4.69, 9.17) is 22.1 Å². The summed E-state index contributed by atoms with van der Waals surface area (Å²) >= 11 is 5.86. The van der Waals surface area contributed by atoms with Gasteiger partial charge in [-0.25, -0.2) is 14.0 Å². The summed E-state index contributed by atoms with van der Waals surface area (Å²) in [4.78, 5) is 42.4. The molecule has 1 aliphatic heterocycles. The van der Waals surface area contributed by atoms with E-state index in [0.29, 0.717) is 41.9 Å². The van der Waals surface area contributed by atoms with Crippen LogP contribution in [0.5, 0.6) is 5.75 Å². The number of halogens is 2. The van der Waals surface area contributed by atoms with Crippen LogP contribution in [0.1, 0.15) is 25.8 Å². The molecule has 0 spiro atoms. The molecule has 214 valence electrons. The number of nitrogens with two attached hydrogens (primary N) is 1. The minimum absolute atomic E-state index is 0.0303. The summed E-state index contributed by atoms with van der Waals surface area (Å²) in [6, 6.07) is 7.50. The molecule has 10 nitrogen and oxygen atoms in total. The van der Waals surface area contributed by atoms with Crippen molar-refractivity contribution in [2.75, 3.05) is 32.6 Å². The van der Waals surface area contributed by atoms with Crippen LogP contribution in [0, 0.1) is 11.7 Å². The van der Waals surface area contributed by atoms with E-state index < -0.39 is 29.8 Å². The molecule has 0 unspecified atom stereocenters. The number of ether oxygens (including phenoxy) is 1. The molecule has 40 heavy (non-hydrogen) atoms. The van der Waals surface area contributed by atoms with Crippen LogP contribution in [-0.4, -0.2) is 71.7 Å². The number of primary amides is 1. The van der Waals surface area contributed by atoms with Gasteiger partial charge in [-0.3, -0.25) is 9.36 Å². The standard InChI is InChI=1S/C28H34ClFN6O4/c1-16-12-24(26(37)32-14-18-6-5-7-21(29)25(18)30)36(17(16)2)28(39)33-22-15-35(27(31)38)23-9-8-19(13-20(22)23)40-11-10-34(3)4/h5-9,13,15-17,24H,10-12,14H2,1-4H3,(H2,31,38)(H,32,37)(H,33,39)/t16-,17-,24+/m1/s1. The number of anilines is 1. The Morgan fingerprint density at radius 1 is 1.20 bits per heavy atom. The zero-order valence-electron chi connectivity index (χ0n) is 22.9. The van der Waals surface area contributed by atoms with Gasteiger partial charge in [0.15, 0.2) is 0 Å².